The Kier molecular flexibility index (Phi) is 6.41. The van der Waals surface area contributed by atoms with Gasteiger partial charge in [-0.25, -0.2) is 8.42 Å². The van der Waals surface area contributed by atoms with Gasteiger partial charge in [-0.1, -0.05) is 12.1 Å². The van der Waals surface area contributed by atoms with Crippen LogP contribution in [-0.2, 0) is 21.2 Å². The van der Waals surface area contributed by atoms with Crippen LogP contribution >= 0.6 is 0 Å². The van der Waals surface area contributed by atoms with Crippen molar-refractivity contribution >= 4 is 15.9 Å². The zero-order valence-electron chi connectivity index (χ0n) is 18.1. The third-order valence-corrected chi connectivity index (χ3v) is 7.74. The molecule has 2 saturated heterocycles. The van der Waals surface area contributed by atoms with Crippen molar-refractivity contribution in [3.8, 4) is 0 Å². The van der Waals surface area contributed by atoms with Crippen LogP contribution in [0.2, 0.25) is 0 Å². The molecule has 2 aliphatic heterocycles. The molecule has 2 fully saturated rings. The van der Waals surface area contributed by atoms with Gasteiger partial charge in [0.25, 0.3) is 0 Å². The second-order valence-electron chi connectivity index (χ2n) is 9.82. The molecule has 0 unspecified atom stereocenters. The Morgan fingerprint density at radius 1 is 1.07 bits per heavy atom. The normalized spacial score (nSPS) is 22.5. The summed E-state index contributed by atoms with van der Waals surface area (Å²) in [6, 6.07) is 7.15. The molecule has 1 aromatic rings. The van der Waals surface area contributed by atoms with E-state index < -0.39 is 10.0 Å². The smallest absolute Gasteiger partial charge is 0.243 e. The van der Waals surface area contributed by atoms with Gasteiger partial charge in [-0.15, -0.1) is 0 Å². The lowest BCUT2D eigenvalue weighted by atomic mass is 9.79. The lowest BCUT2D eigenvalue weighted by Crippen LogP contribution is -2.62. The third kappa shape index (κ3) is 5.80. The predicted molar refractivity (Wildman–Crippen MR) is 115 cm³/mol. The molecule has 7 heteroatoms. The number of benzene rings is 1. The molecule has 0 bridgehead atoms. The first-order chi connectivity index (χ1) is 13.5. The van der Waals surface area contributed by atoms with Gasteiger partial charge in [-0.3, -0.25) is 4.79 Å². The second kappa shape index (κ2) is 8.36. The van der Waals surface area contributed by atoms with Crippen molar-refractivity contribution in [2.24, 2.45) is 0 Å². The van der Waals surface area contributed by atoms with E-state index in [4.69, 9.17) is 0 Å². The van der Waals surface area contributed by atoms with Crippen LogP contribution in [0.3, 0.4) is 0 Å². The highest BCUT2D eigenvalue weighted by Gasteiger charge is 2.38. The monoisotopic (exact) mass is 421 g/mol. The Balaban J connectivity index is 1.53. The summed E-state index contributed by atoms with van der Waals surface area (Å²) in [7, 11) is -3.38. The maximum atomic E-state index is 12.6. The second-order valence-corrected chi connectivity index (χ2v) is 11.8. The van der Waals surface area contributed by atoms with Crippen molar-refractivity contribution in [2.45, 2.75) is 88.2 Å². The molecule has 0 aromatic heterocycles. The number of nitrogens with zero attached hydrogens (tertiary/aromatic N) is 1. The average Bonchev–Trinajstić information content (AvgIpc) is 3.13. The molecule has 3 rings (SSSR count). The molecule has 1 amide bonds. The highest BCUT2D eigenvalue weighted by atomic mass is 32.2. The van der Waals surface area contributed by atoms with Crippen LogP contribution < -0.4 is 10.6 Å². The number of hydrogen-bond donors (Lipinski definition) is 2. The van der Waals surface area contributed by atoms with E-state index in [1.54, 1.807) is 16.4 Å². The third-order valence-electron chi connectivity index (χ3n) is 5.82. The van der Waals surface area contributed by atoms with Gasteiger partial charge in [0.05, 0.1) is 4.90 Å². The summed E-state index contributed by atoms with van der Waals surface area (Å²) in [5.41, 5.74) is 0.971. The molecule has 0 radical (unpaired) electrons. The molecule has 2 heterocycles. The molecule has 162 valence electrons. The van der Waals surface area contributed by atoms with Gasteiger partial charge in [0, 0.05) is 36.6 Å². The first-order valence-electron chi connectivity index (χ1n) is 10.6. The Hall–Kier alpha value is -1.44. The molecule has 6 nitrogen and oxygen atoms in total. The molecule has 1 aromatic carbocycles. The fraction of sp³-hybridized carbons (Fsp3) is 0.682. The topological polar surface area (TPSA) is 78.5 Å². The first kappa shape index (κ1) is 22.2. The van der Waals surface area contributed by atoms with Crippen LogP contribution in [0.25, 0.3) is 0 Å². The summed E-state index contributed by atoms with van der Waals surface area (Å²) in [6.45, 7) is 9.90. The molecular weight excluding hydrogens is 386 g/mol. The van der Waals surface area contributed by atoms with Gasteiger partial charge in [-0.05, 0) is 77.5 Å². The van der Waals surface area contributed by atoms with Gasteiger partial charge < -0.3 is 10.6 Å². The Morgan fingerprint density at radius 2 is 1.62 bits per heavy atom. The number of aryl methyl sites for hydroxylation is 1. The standard InChI is InChI=1S/C22H35N3O3S/c1-21(2)15-18(16-22(3,4)24-21)23-20(26)12-9-17-7-10-19(11-8-17)29(27,28)25-13-5-6-14-25/h7-8,10-11,18,24H,5-6,9,12-16H2,1-4H3,(H,23,26). The summed E-state index contributed by atoms with van der Waals surface area (Å²) in [5, 5.41) is 6.82. The van der Waals surface area contributed by atoms with Crippen molar-refractivity contribution in [1.29, 1.82) is 0 Å². The summed E-state index contributed by atoms with van der Waals surface area (Å²) in [5.74, 6) is 0.0530. The molecule has 0 spiro atoms. The number of carbonyl (C=O) groups excluding carboxylic acids is 1. The SMILES string of the molecule is CC1(C)CC(NC(=O)CCc2ccc(S(=O)(=O)N3CCCC3)cc2)CC(C)(C)N1. The largest absolute Gasteiger partial charge is 0.353 e. The summed E-state index contributed by atoms with van der Waals surface area (Å²) in [4.78, 5) is 12.8. The van der Waals surface area contributed by atoms with E-state index in [9.17, 15) is 13.2 Å². The van der Waals surface area contributed by atoms with Gasteiger partial charge in [0.2, 0.25) is 15.9 Å². The van der Waals surface area contributed by atoms with E-state index in [0.29, 0.717) is 30.8 Å². The van der Waals surface area contributed by atoms with Crippen molar-refractivity contribution in [3.05, 3.63) is 29.8 Å². The van der Waals surface area contributed by atoms with Crippen LogP contribution in [0.1, 0.15) is 65.4 Å². The zero-order valence-corrected chi connectivity index (χ0v) is 18.9. The summed E-state index contributed by atoms with van der Waals surface area (Å²) >= 11 is 0. The van der Waals surface area contributed by atoms with E-state index in [1.807, 2.05) is 12.1 Å². The van der Waals surface area contributed by atoms with Crippen LogP contribution in [0, 0.1) is 0 Å². The first-order valence-corrected chi connectivity index (χ1v) is 12.1. The number of rotatable bonds is 6. The minimum atomic E-state index is -3.38. The molecule has 0 saturated carbocycles. The molecular formula is C22H35N3O3S. The van der Waals surface area contributed by atoms with E-state index in [2.05, 4.69) is 38.3 Å². The lowest BCUT2D eigenvalue weighted by molar-refractivity contribution is -0.122. The Labute approximate surface area is 175 Å². The van der Waals surface area contributed by atoms with Crippen molar-refractivity contribution in [3.63, 3.8) is 0 Å². The predicted octanol–water partition coefficient (Wildman–Crippen LogP) is 2.83. The molecule has 0 atom stereocenters. The summed E-state index contributed by atoms with van der Waals surface area (Å²) < 4.78 is 26.7. The van der Waals surface area contributed by atoms with Gasteiger partial charge >= 0.3 is 0 Å². The molecule has 0 aliphatic carbocycles. The van der Waals surface area contributed by atoms with E-state index in [-0.39, 0.29) is 23.0 Å². The fourth-order valence-corrected chi connectivity index (χ4v) is 6.40. The molecule has 2 N–H and O–H groups in total. The van der Waals surface area contributed by atoms with Gasteiger partial charge in [-0.2, -0.15) is 4.31 Å². The molecule has 2 aliphatic rings. The van der Waals surface area contributed by atoms with Crippen LogP contribution in [0.4, 0.5) is 0 Å². The molecule has 29 heavy (non-hydrogen) atoms. The lowest BCUT2D eigenvalue weighted by Gasteiger charge is -2.46. The van der Waals surface area contributed by atoms with Gasteiger partial charge in [0.15, 0.2) is 0 Å². The number of carbonyl (C=O) groups is 1. The van der Waals surface area contributed by atoms with Gasteiger partial charge in [0.1, 0.15) is 0 Å². The minimum Gasteiger partial charge on any atom is -0.353 e. The van der Waals surface area contributed by atoms with Crippen molar-refractivity contribution in [2.75, 3.05) is 13.1 Å². The average molecular weight is 422 g/mol. The quantitative estimate of drug-likeness (QED) is 0.740. The number of sulfonamides is 1. The Morgan fingerprint density at radius 3 is 2.17 bits per heavy atom. The van der Waals surface area contributed by atoms with Crippen LogP contribution in [0.5, 0.6) is 0 Å². The minimum absolute atomic E-state index is 0.00361. The maximum Gasteiger partial charge on any atom is 0.243 e. The number of nitrogens with one attached hydrogen (secondary N) is 2. The Bertz CT molecular complexity index is 809. The maximum absolute atomic E-state index is 12.6. The number of amides is 1. The zero-order chi connectivity index (χ0) is 21.3. The summed E-state index contributed by atoms with van der Waals surface area (Å²) in [6.07, 6.45) is 4.68. The van der Waals surface area contributed by atoms with Crippen LogP contribution in [0.15, 0.2) is 29.2 Å². The number of hydrogen-bond acceptors (Lipinski definition) is 4. The van der Waals surface area contributed by atoms with E-state index in [0.717, 1.165) is 31.2 Å². The van der Waals surface area contributed by atoms with Crippen LogP contribution in [-0.4, -0.2) is 48.8 Å². The van der Waals surface area contributed by atoms with E-state index >= 15 is 0 Å². The fourth-order valence-electron chi connectivity index (χ4n) is 4.89. The highest BCUT2D eigenvalue weighted by molar-refractivity contribution is 7.89. The highest BCUT2D eigenvalue weighted by Crippen LogP contribution is 2.28. The van der Waals surface area contributed by atoms with Crippen molar-refractivity contribution in [1.82, 2.24) is 14.9 Å². The van der Waals surface area contributed by atoms with E-state index in [1.165, 1.54) is 0 Å². The number of piperidine rings is 1. The van der Waals surface area contributed by atoms with Crippen molar-refractivity contribution < 1.29 is 13.2 Å².